The van der Waals surface area contributed by atoms with Gasteiger partial charge in [-0.1, -0.05) is 72.3 Å². The van der Waals surface area contributed by atoms with E-state index in [1.807, 2.05) is 78.9 Å². The first-order valence-electron chi connectivity index (χ1n) is 8.62. The maximum atomic E-state index is 13.1. The summed E-state index contributed by atoms with van der Waals surface area (Å²) in [5, 5.41) is 0.605. The Hall–Kier alpha value is -3.17. The van der Waals surface area contributed by atoms with Crippen molar-refractivity contribution in [1.82, 2.24) is 0 Å². The third-order valence-electron chi connectivity index (χ3n) is 4.48. The van der Waals surface area contributed by atoms with E-state index in [9.17, 15) is 4.79 Å². The van der Waals surface area contributed by atoms with Crippen LogP contribution in [0.25, 0.3) is 6.08 Å². The van der Waals surface area contributed by atoms with Crippen LogP contribution in [0.1, 0.15) is 16.7 Å². The van der Waals surface area contributed by atoms with Crippen LogP contribution in [-0.4, -0.2) is 18.7 Å². The van der Waals surface area contributed by atoms with Crippen LogP contribution in [0.2, 0.25) is 5.02 Å². The number of anilines is 1. The first-order chi connectivity index (χ1) is 13.1. The minimum absolute atomic E-state index is 0.159. The molecule has 0 spiro atoms. The van der Waals surface area contributed by atoms with Crippen molar-refractivity contribution in [3.63, 3.8) is 0 Å². The number of fused-ring (bicyclic) bond motifs is 1. The number of benzene rings is 3. The van der Waals surface area contributed by atoms with Crippen molar-refractivity contribution < 1.29 is 4.79 Å². The van der Waals surface area contributed by atoms with E-state index in [0.29, 0.717) is 10.7 Å². The van der Waals surface area contributed by atoms with Crippen LogP contribution >= 0.6 is 11.6 Å². The van der Waals surface area contributed by atoms with Crippen molar-refractivity contribution >= 4 is 35.0 Å². The summed E-state index contributed by atoms with van der Waals surface area (Å²) in [6.45, 7) is 0. The second kappa shape index (κ2) is 7.22. The summed E-state index contributed by atoms with van der Waals surface area (Å²) in [6, 6.07) is 25.1. The van der Waals surface area contributed by atoms with Gasteiger partial charge < -0.3 is 4.90 Å². The molecule has 0 aromatic heterocycles. The van der Waals surface area contributed by atoms with Crippen LogP contribution in [0, 0.1) is 0 Å². The number of halogens is 1. The molecule has 132 valence electrons. The molecule has 27 heavy (non-hydrogen) atoms. The van der Waals surface area contributed by atoms with Crippen LogP contribution in [0.5, 0.6) is 0 Å². The predicted molar refractivity (Wildman–Crippen MR) is 111 cm³/mol. The van der Waals surface area contributed by atoms with Crippen molar-refractivity contribution in [3.8, 4) is 0 Å². The van der Waals surface area contributed by atoms with Gasteiger partial charge in [0, 0.05) is 23.2 Å². The molecule has 0 atom stereocenters. The Balaban J connectivity index is 1.97. The summed E-state index contributed by atoms with van der Waals surface area (Å²) in [6.07, 6.45) is 1.81. The van der Waals surface area contributed by atoms with Crippen molar-refractivity contribution in [2.24, 2.45) is 4.99 Å². The van der Waals surface area contributed by atoms with E-state index < -0.39 is 0 Å². The van der Waals surface area contributed by atoms with Gasteiger partial charge in [0.05, 0.1) is 11.4 Å². The molecule has 1 aliphatic heterocycles. The second-order valence-corrected chi connectivity index (χ2v) is 6.73. The molecule has 0 unspecified atom stereocenters. The van der Waals surface area contributed by atoms with Gasteiger partial charge in [0.25, 0.3) is 5.91 Å². The van der Waals surface area contributed by atoms with Crippen LogP contribution in [-0.2, 0) is 4.79 Å². The third kappa shape index (κ3) is 3.42. The number of amides is 1. The first-order valence-corrected chi connectivity index (χ1v) is 9.00. The van der Waals surface area contributed by atoms with Gasteiger partial charge in [-0.05, 0) is 29.8 Å². The molecule has 1 amide bonds. The predicted octanol–water partition coefficient (Wildman–Crippen LogP) is 5.19. The molecule has 0 saturated carbocycles. The number of nitrogens with zero attached hydrogens (tertiary/aromatic N) is 2. The minimum Gasteiger partial charge on any atom is -0.309 e. The number of hydrogen-bond acceptors (Lipinski definition) is 2. The normalized spacial score (nSPS) is 15.3. The molecule has 4 rings (SSSR count). The van der Waals surface area contributed by atoms with Gasteiger partial charge in [0.1, 0.15) is 5.70 Å². The monoisotopic (exact) mass is 372 g/mol. The third-order valence-corrected chi connectivity index (χ3v) is 4.72. The van der Waals surface area contributed by atoms with Crippen molar-refractivity contribution in [1.29, 1.82) is 0 Å². The van der Waals surface area contributed by atoms with Crippen LogP contribution in [0.15, 0.2) is 89.6 Å². The Morgan fingerprint density at radius 2 is 1.59 bits per heavy atom. The molecule has 0 aliphatic carbocycles. The molecule has 0 radical (unpaired) electrons. The zero-order valence-corrected chi connectivity index (χ0v) is 15.5. The summed E-state index contributed by atoms with van der Waals surface area (Å²) < 4.78 is 0. The smallest absolute Gasteiger partial charge is 0.276 e. The molecule has 1 heterocycles. The van der Waals surface area contributed by atoms with Gasteiger partial charge in [-0.2, -0.15) is 0 Å². The fourth-order valence-electron chi connectivity index (χ4n) is 3.12. The lowest BCUT2D eigenvalue weighted by molar-refractivity contribution is -0.114. The average molecular weight is 373 g/mol. The number of rotatable bonds is 2. The standard InChI is InChI=1S/C23H17ClN2O/c1-26-21-13-12-18(24)15-19(21)22(17-10-6-3-7-11-17)25-20(23(26)27)14-16-8-4-2-5-9-16/h2-15H,1H3. The topological polar surface area (TPSA) is 32.7 Å². The van der Waals surface area contributed by atoms with Gasteiger partial charge in [-0.3, -0.25) is 4.79 Å². The van der Waals surface area contributed by atoms with Gasteiger partial charge in [-0.25, -0.2) is 4.99 Å². The zero-order chi connectivity index (χ0) is 18.8. The van der Waals surface area contributed by atoms with Gasteiger partial charge in [-0.15, -0.1) is 0 Å². The molecule has 1 aliphatic rings. The van der Waals surface area contributed by atoms with Crippen molar-refractivity contribution in [2.75, 3.05) is 11.9 Å². The molecule has 0 fully saturated rings. The fraction of sp³-hybridized carbons (Fsp3) is 0.0435. The highest BCUT2D eigenvalue weighted by molar-refractivity contribution is 6.32. The molecule has 0 bridgehead atoms. The van der Waals surface area contributed by atoms with E-state index in [4.69, 9.17) is 16.6 Å². The maximum absolute atomic E-state index is 13.1. The summed E-state index contributed by atoms with van der Waals surface area (Å²) in [7, 11) is 1.76. The van der Waals surface area contributed by atoms with E-state index in [-0.39, 0.29) is 5.91 Å². The van der Waals surface area contributed by atoms with Crippen LogP contribution < -0.4 is 4.90 Å². The molecular weight excluding hydrogens is 356 g/mol. The summed E-state index contributed by atoms with van der Waals surface area (Å²) >= 11 is 6.26. The number of carbonyl (C=O) groups excluding carboxylic acids is 1. The van der Waals surface area contributed by atoms with Crippen molar-refractivity contribution in [2.45, 2.75) is 0 Å². The van der Waals surface area contributed by atoms with Crippen LogP contribution in [0.4, 0.5) is 5.69 Å². The molecule has 3 aromatic rings. The summed E-state index contributed by atoms with van der Waals surface area (Å²) in [5.74, 6) is -0.159. The molecule has 0 N–H and O–H groups in total. The second-order valence-electron chi connectivity index (χ2n) is 6.29. The highest BCUT2D eigenvalue weighted by atomic mass is 35.5. The highest BCUT2D eigenvalue weighted by Crippen LogP contribution is 2.31. The largest absolute Gasteiger partial charge is 0.309 e. The molecular formula is C23H17ClN2O. The lowest BCUT2D eigenvalue weighted by atomic mass is 10.0. The van der Waals surface area contributed by atoms with E-state index in [0.717, 1.165) is 28.1 Å². The number of benzodiazepines with no additional fused rings is 1. The maximum Gasteiger partial charge on any atom is 0.276 e. The van der Waals surface area contributed by atoms with E-state index >= 15 is 0 Å². The van der Waals surface area contributed by atoms with E-state index in [2.05, 4.69) is 0 Å². The quantitative estimate of drug-likeness (QED) is 0.569. The van der Waals surface area contributed by atoms with Gasteiger partial charge in [0.2, 0.25) is 0 Å². The zero-order valence-electron chi connectivity index (χ0n) is 14.8. The van der Waals surface area contributed by atoms with Gasteiger partial charge in [0.15, 0.2) is 0 Å². The first kappa shape index (κ1) is 17.3. The van der Waals surface area contributed by atoms with E-state index in [1.165, 1.54) is 0 Å². The molecule has 3 aromatic carbocycles. The Bertz CT molecular complexity index is 1060. The highest BCUT2D eigenvalue weighted by Gasteiger charge is 2.26. The van der Waals surface area contributed by atoms with Gasteiger partial charge >= 0.3 is 0 Å². The molecule has 0 saturated heterocycles. The van der Waals surface area contributed by atoms with Crippen molar-refractivity contribution in [3.05, 3.63) is 106 Å². The van der Waals surface area contributed by atoms with Crippen LogP contribution in [0.3, 0.4) is 0 Å². The Kier molecular flexibility index (Phi) is 4.61. The number of carbonyl (C=O) groups is 1. The SMILES string of the molecule is CN1C(=O)C(=Cc2ccccc2)N=C(c2ccccc2)c2cc(Cl)ccc21. The van der Waals surface area contributed by atoms with E-state index in [1.54, 1.807) is 18.0 Å². The average Bonchev–Trinajstić information content (AvgIpc) is 2.80. The number of hydrogen-bond donors (Lipinski definition) is 0. The number of aliphatic imine (C=N–C) groups is 1. The lowest BCUT2D eigenvalue weighted by Gasteiger charge is -2.18. The Labute approximate surface area is 163 Å². The fourth-order valence-corrected chi connectivity index (χ4v) is 3.29. The lowest BCUT2D eigenvalue weighted by Crippen LogP contribution is -2.26. The number of likely N-dealkylation sites (N-methyl/N-ethyl adjacent to an activating group) is 1. The molecule has 3 nitrogen and oxygen atoms in total. The Morgan fingerprint density at radius 1 is 0.926 bits per heavy atom. The minimum atomic E-state index is -0.159. The summed E-state index contributed by atoms with van der Waals surface area (Å²) in [4.78, 5) is 19.5. The summed E-state index contributed by atoms with van der Waals surface area (Å²) in [5.41, 5.74) is 4.59. The molecule has 4 heteroatoms. The Morgan fingerprint density at radius 3 is 2.30 bits per heavy atom.